The van der Waals surface area contributed by atoms with E-state index in [9.17, 15) is 0 Å². The fourth-order valence-electron chi connectivity index (χ4n) is 9.69. The van der Waals surface area contributed by atoms with Gasteiger partial charge in [0.2, 0.25) is 0 Å². The zero-order valence-electron chi connectivity index (χ0n) is 50.7. The highest BCUT2D eigenvalue weighted by molar-refractivity contribution is 5.93. The zero-order valence-corrected chi connectivity index (χ0v) is 50.7. The van der Waals surface area contributed by atoms with E-state index in [1.807, 2.05) is 0 Å². The van der Waals surface area contributed by atoms with Crippen LogP contribution in [0.5, 0.6) is 23.0 Å². The molecule has 0 bridgehead atoms. The molecule has 8 nitrogen and oxygen atoms in total. The van der Waals surface area contributed by atoms with Crippen LogP contribution < -0.4 is 18.9 Å². The molecule has 4 aromatic carbocycles. The quantitative estimate of drug-likeness (QED) is 0.0771. The summed E-state index contributed by atoms with van der Waals surface area (Å²) in [4.78, 5) is 0. The highest BCUT2D eigenvalue weighted by atomic mass is 16.6. The second-order valence-corrected chi connectivity index (χ2v) is 29.7. The molecule has 0 aliphatic carbocycles. The molecule has 73 heavy (non-hydrogen) atoms. The van der Waals surface area contributed by atoms with Gasteiger partial charge < -0.3 is 37.9 Å². The third-order valence-electron chi connectivity index (χ3n) is 11.6. The Morgan fingerprint density at radius 1 is 0.315 bits per heavy atom. The Balaban J connectivity index is 1.97. The molecule has 4 atom stereocenters. The van der Waals surface area contributed by atoms with E-state index in [1.165, 1.54) is 0 Å². The van der Waals surface area contributed by atoms with Gasteiger partial charge in [0.15, 0.2) is 0 Å². The first-order valence-electron chi connectivity index (χ1n) is 27.4. The van der Waals surface area contributed by atoms with Crippen molar-refractivity contribution >= 4 is 21.5 Å². The Labute approximate surface area is 445 Å². The number of fused-ring (bicyclic) bond motifs is 2. The van der Waals surface area contributed by atoms with Gasteiger partial charge in [-0.3, -0.25) is 0 Å². The van der Waals surface area contributed by atoms with Crippen molar-refractivity contribution in [3.63, 3.8) is 0 Å². The maximum Gasteiger partial charge on any atom is 0.123 e. The van der Waals surface area contributed by atoms with Crippen LogP contribution in [0.15, 0.2) is 60.7 Å². The van der Waals surface area contributed by atoms with Gasteiger partial charge in [-0.25, -0.2) is 0 Å². The maximum absolute atomic E-state index is 7.06. The minimum atomic E-state index is -0.346. The minimum absolute atomic E-state index is 0.0292. The summed E-state index contributed by atoms with van der Waals surface area (Å²) in [6.45, 7) is 54.1. The minimum Gasteiger partial charge on any atom is -0.491 e. The van der Waals surface area contributed by atoms with Gasteiger partial charge in [0.05, 0.1) is 46.8 Å². The van der Waals surface area contributed by atoms with Gasteiger partial charge in [-0.05, 0) is 188 Å². The molecule has 0 spiro atoms. The van der Waals surface area contributed by atoms with Gasteiger partial charge >= 0.3 is 0 Å². The number of hydrogen-bond acceptors (Lipinski definition) is 8. The van der Waals surface area contributed by atoms with Crippen LogP contribution in [0.2, 0.25) is 0 Å². The Kier molecular flexibility index (Phi) is 20.5. The summed E-state index contributed by atoms with van der Waals surface area (Å²) in [5.41, 5.74) is 0.940. The number of rotatable bonds is 22. The maximum atomic E-state index is 7.06. The SMILES string of the molecule is CC(C)(C)CC(COc1ccc2ccc(OCC(CC(C)(C)C)OC(C)(C)C)c(Cc3c(OCC(CC(C)(C)C)OC(C)(C)C)ccc4ccc(OCC(CC(C)(C)C)OC(C)(C)C)cc34)c2c1)OC(C)(C)C. The topological polar surface area (TPSA) is 73.8 Å². The first-order valence-corrected chi connectivity index (χ1v) is 27.4. The summed E-state index contributed by atoms with van der Waals surface area (Å²) in [5, 5.41) is 4.26. The molecule has 4 rings (SSSR count). The van der Waals surface area contributed by atoms with Crippen molar-refractivity contribution < 1.29 is 37.9 Å². The Morgan fingerprint density at radius 2 is 0.562 bits per heavy atom. The van der Waals surface area contributed by atoms with Crippen LogP contribution in [0, 0.1) is 21.7 Å². The molecule has 4 aromatic rings. The predicted octanol–water partition coefficient (Wildman–Crippen LogP) is 17.6. The molecule has 0 aliphatic heterocycles. The molecule has 0 N–H and O–H groups in total. The average Bonchev–Trinajstić information content (AvgIpc) is 3.16. The van der Waals surface area contributed by atoms with Crippen molar-refractivity contribution in [1.82, 2.24) is 0 Å². The molecule has 412 valence electrons. The van der Waals surface area contributed by atoms with Gasteiger partial charge in [-0.1, -0.05) is 107 Å². The van der Waals surface area contributed by atoms with E-state index >= 15 is 0 Å². The average molecular weight is 1010 g/mol. The monoisotopic (exact) mass is 1010 g/mol. The fourth-order valence-corrected chi connectivity index (χ4v) is 9.69. The third-order valence-corrected chi connectivity index (χ3v) is 11.6. The van der Waals surface area contributed by atoms with Gasteiger partial charge in [-0.15, -0.1) is 0 Å². The molecule has 8 heteroatoms. The van der Waals surface area contributed by atoms with Crippen molar-refractivity contribution in [3.8, 4) is 23.0 Å². The lowest BCUT2D eigenvalue weighted by Gasteiger charge is -2.32. The van der Waals surface area contributed by atoms with Gasteiger partial charge in [0.25, 0.3) is 0 Å². The molecule has 0 aromatic heterocycles. The standard InChI is InChI=1S/C65H104O8/c1-58(2,3)36-48(70-62(13,14)15)40-66-46-29-25-44-27-31-56(68-42-50(38-60(7,8)9)72-64(19,20)21)54(52(44)33-46)35-55-53-34-47(67-41-49(37-59(4,5)6)71-63(16,17)18)30-26-45(53)28-32-57(55)69-43-51(39-61(10,11)12)73-65(22,23)24/h25-34,48-51H,35-43H2,1-24H3. The zero-order chi connectivity index (χ0) is 55.2. The number of ether oxygens (including phenoxy) is 8. The van der Waals surface area contributed by atoms with Crippen molar-refractivity contribution in [2.45, 2.75) is 245 Å². The summed E-state index contributed by atoms with van der Waals surface area (Å²) >= 11 is 0. The Morgan fingerprint density at radius 3 is 0.808 bits per heavy atom. The van der Waals surface area contributed by atoms with Crippen LogP contribution >= 0.6 is 0 Å². The van der Waals surface area contributed by atoms with E-state index in [4.69, 9.17) is 37.9 Å². The lowest BCUT2D eigenvalue weighted by atomic mass is 9.89. The highest BCUT2D eigenvalue weighted by Crippen LogP contribution is 2.40. The van der Waals surface area contributed by atoms with Crippen LogP contribution in [0.3, 0.4) is 0 Å². The molecule has 0 saturated heterocycles. The summed E-state index contributed by atoms with van der Waals surface area (Å²) in [5.74, 6) is 3.15. The molecular weight excluding hydrogens is 909 g/mol. The van der Waals surface area contributed by atoms with Crippen LogP contribution in [0.4, 0.5) is 0 Å². The summed E-state index contributed by atoms with van der Waals surface area (Å²) in [7, 11) is 0. The molecule has 0 radical (unpaired) electrons. The smallest absolute Gasteiger partial charge is 0.123 e. The van der Waals surface area contributed by atoms with Gasteiger partial charge in [-0.2, -0.15) is 0 Å². The Hall–Kier alpha value is -3.56. The van der Waals surface area contributed by atoms with E-state index in [2.05, 4.69) is 227 Å². The van der Waals surface area contributed by atoms with E-state index in [0.717, 1.165) is 81.4 Å². The van der Waals surface area contributed by atoms with Crippen LogP contribution in [-0.2, 0) is 25.4 Å². The number of hydrogen-bond donors (Lipinski definition) is 0. The molecule has 0 saturated carbocycles. The first-order chi connectivity index (χ1) is 33.1. The number of benzene rings is 4. The lowest BCUT2D eigenvalue weighted by molar-refractivity contribution is -0.0897. The molecule has 0 aliphatic rings. The van der Waals surface area contributed by atoms with Crippen molar-refractivity contribution in [2.75, 3.05) is 26.4 Å². The molecule has 0 heterocycles. The van der Waals surface area contributed by atoms with E-state index < -0.39 is 0 Å². The summed E-state index contributed by atoms with van der Waals surface area (Å²) in [6, 6.07) is 21.4. The van der Waals surface area contributed by atoms with Gasteiger partial charge in [0.1, 0.15) is 49.4 Å². The van der Waals surface area contributed by atoms with E-state index in [0.29, 0.717) is 32.8 Å². The molecule has 4 unspecified atom stereocenters. The summed E-state index contributed by atoms with van der Waals surface area (Å²) < 4.78 is 54.2. The predicted molar refractivity (Wildman–Crippen MR) is 307 cm³/mol. The largest absolute Gasteiger partial charge is 0.491 e. The normalized spacial score (nSPS) is 15.3. The first kappa shape index (κ1) is 62.0. The van der Waals surface area contributed by atoms with Crippen molar-refractivity contribution in [3.05, 3.63) is 71.8 Å². The van der Waals surface area contributed by atoms with E-state index in [1.54, 1.807) is 0 Å². The highest BCUT2D eigenvalue weighted by Gasteiger charge is 2.30. The Bertz CT molecular complexity index is 2100. The molecule has 0 amide bonds. The van der Waals surface area contributed by atoms with Crippen LogP contribution in [0.1, 0.15) is 203 Å². The second-order valence-electron chi connectivity index (χ2n) is 29.7. The molecule has 0 fully saturated rings. The van der Waals surface area contributed by atoms with Crippen molar-refractivity contribution in [1.29, 1.82) is 0 Å². The van der Waals surface area contributed by atoms with Crippen LogP contribution in [-0.4, -0.2) is 73.2 Å². The van der Waals surface area contributed by atoms with Crippen LogP contribution in [0.25, 0.3) is 21.5 Å². The lowest BCUT2D eigenvalue weighted by Crippen LogP contribution is -2.34. The van der Waals surface area contributed by atoms with Crippen molar-refractivity contribution in [2.24, 2.45) is 21.7 Å². The van der Waals surface area contributed by atoms with Gasteiger partial charge in [0, 0.05) is 17.5 Å². The summed E-state index contributed by atoms with van der Waals surface area (Å²) in [6.07, 6.45) is 3.45. The second kappa shape index (κ2) is 24.2. The molecular formula is C65H104O8. The van der Waals surface area contributed by atoms with E-state index in [-0.39, 0.29) is 68.5 Å². The third kappa shape index (κ3) is 23.9. The fraction of sp³-hybridized carbons (Fsp3) is 0.692.